The summed E-state index contributed by atoms with van der Waals surface area (Å²) in [4.78, 5) is 20.8. The van der Waals surface area contributed by atoms with Gasteiger partial charge in [0, 0.05) is 18.7 Å². The van der Waals surface area contributed by atoms with E-state index in [1.807, 2.05) is 0 Å². The number of quaternary nitrogens is 2. The molecule has 0 fully saturated rings. The van der Waals surface area contributed by atoms with E-state index in [0.717, 1.165) is 17.7 Å². The third-order valence-corrected chi connectivity index (χ3v) is 2.91. The lowest BCUT2D eigenvalue weighted by Gasteiger charge is -2.37. The molecule has 0 spiro atoms. The summed E-state index contributed by atoms with van der Waals surface area (Å²) in [5.74, 6) is 0. The molecule has 9 heteroatoms. The SMILES string of the molecule is O=P([O-])([O-])C(F)(F)c1cccc(/C=C\Cl)c1.[NH4+].[NH4+]. The molecule has 1 rings (SSSR count). The highest BCUT2D eigenvalue weighted by atomic mass is 35.5. The molecule has 0 aliphatic carbocycles. The maximum Gasteiger partial charge on any atom is 0.296 e. The van der Waals surface area contributed by atoms with Crippen molar-refractivity contribution >= 4 is 25.3 Å². The van der Waals surface area contributed by atoms with Gasteiger partial charge in [-0.25, -0.2) is 0 Å². The van der Waals surface area contributed by atoms with Gasteiger partial charge in [0.2, 0.25) is 0 Å². The van der Waals surface area contributed by atoms with Gasteiger partial charge < -0.3 is 26.7 Å². The highest BCUT2D eigenvalue weighted by Gasteiger charge is 2.35. The van der Waals surface area contributed by atoms with Crippen molar-refractivity contribution in [3.8, 4) is 0 Å². The quantitative estimate of drug-likeness (QED) is 0.830. The van der Waals surface area contributed by atoms with Gasteiger partial charge in [0.1, 0.15) is 0 Å². The van der Waals surface area contributed by atoms with Crippen LogP contribution in [-0.4, -0.2) is 0 Å². The van der Waals surface area contributed by atoms with Crippen molar-refractivity contribution in [2.75, 3.05) is 0 Å². The molecule has 18 heavy (non-hydrogen) atoms. The van der Waals surface area contributed by atoms with Crippen LogP contribution in [0.4, 0.5) is 8.78 Å². The number of rotatable bonds is 3. The van der Waals surface area contributed by atoms with Crippen LogP contribution < -0.4 is 22.1 Å². The maximum atomic E-state index is 13.1. The van der Waals surface area contributed by atoms with Crippen molar-refractivity contribution in [2.24, 2.45) is 0 Å². The molecule has 1 aromatic carbocycles. The van der Waals surface area contributed by atoms with E-state index in [9.17, 15) is 23.1 Å². The lowest BCUT2D eigenvalue weighted by molar-refractivity contribution is -0.335. The van der Waals surface area contributed by atoms with Crippen molar-refractivity contribution in [3.63, 3.8) is 0 Å². The monoisotopic (exact) mass is 302 g/mol. The minimum absolute atomic E-state index is 0. The number of hydrogen-bond donors (Lipinski definition) is 2. The minimum Gasteiger partial charge on any atom is -0.806 e. The Balaban J connectivity index is 0. The first-order chi connectivity index (χ1) is 7.29. The summed E-state index contributed by atoms with van der Waals surface area (Å²) in [5.41, 5.74) is -3.91. The Morgan fingerprint density at radius 1 is 1.28 bits per heavy atom. The molecule has 0 amide bonds. The molecular formula is C9H14ClF2N2O3P. The Hall–Kier alpha value is -0.820. The van der Waals surface area contributed by atoms with Crippen LogP contribution in [0.5, 0.6) is 0 Å². The molecule has 0 saturated heterocycles. The Bertz CT molecular complexity index is 465. The molecule has 0 aromatic heterocycles. The van der Waals surface area contributed by atoms with E-state index in [0.29, 0.717) is 0 Å². The molecule has 5 nitrogen and oxygen atoms in total. The fourth-order valence-corrected chi connectivity index (χ4v) is 1.66. The highest BCUT2D eigenvalue weighted by Crippen LogP contribution is 2.53. The smallest absolute Gasteiger partial charge is 0.296 e. The van der Waals surface area contributed by atoms with Gasteiger partial charge in [-0.15, -0.1) is 0 Å². The summed E-state index contributed by atoms with van der Waals surface area (Å²) in [6.45, 7) is 0. The second-order valence-corrected chi connectivity index (χ2v) is 4.77. The first-order valence-corrected chi connectivity index (χ1v) is 6.04. The van der Waals surface area contributed by atoms with Crippen molar-refractivity contribution < 1.29 is 23.1 Å². The van der Waals surface area contributed by atoms with E-state index in [-0.39, 0.29) is 17.9 Å². The molecule has 8 N–H and O–H groups in total. The predicted molar refractivity (Wildman–Crippen MR) is 64.8 cm³/mol. The predicted octanol–water partition coefficient (Wildman–Crippen LogP) is 2.61. The fraction of sp³-hybridized carbons (Fsp3) is 0.111. The highest BCUT2D eigenvalue weighted by molar-refractivity contribution is 7.49. The van der Waals surface area contributed by atoms with Crippen LogP contribution in [0.3, 0.4) is 0 Å². The second kappa shape index (κ2) is 6.94. The molecular weight excluding hydrogens is 289 g/mol. The summed E-state index contributed by atoms with van der Waals surface area (Å²) in [6, 6.07) is 4.42. The van der Waals surface area contributed by atoms with Gasteiger partial charge in [-0.1, -0.05) is 29.8 Å². The van der Waals surface area contributed by atoms with E-state index in [1.165, 1.54) is 18.2 Å². The van der Waals surface area contributed by atoms with E-state index in [4.69, 9.17) is 11.6 Å². The summed E-state index contributed by atoms with van der Waals surface area (Å²) in [5, 5.41) is 0. The number of hydrogen-bond acceptors (Lipinski definition) is 3. The lowest BCUT2D eigenvalue weighted by atomic mass is 10.1. The lowest BCUT2D eigenvalue weighted by Crippen LogP contribution is -2.29. The van der Waals surface area contributed by atoms with Crippen molar-refractivity contribution in [3.05, 3.63) is 40.9 Å². The molecule has 0 unspecified atom stereocenters. The van der Waals surface area contributed by atoms with Gasteiger partial charge in [0.25, 0.3) is 5.66 Å². The zero-order chi connectivity index (χ0) is 12.4. The molecule has 0 radical (unpaired) electrons. The molecule has 104 valence electrons. The number of alkyl halides is 2. The topological polar surface area (TPSA) is 136 Å². The van der Waals surface area contributed by atoms with Crippen LogP contribution in [0, 0.1) is 0 Å². The van der Waals surface area contributed by atoms with Crippen molar-refractivity contribution in [2.45, 2.75) is 5.66 Å². The Morgan fingerprint density at radius 3 is 2.28 bits per heavy atom. The second-order valence-electron chi connectivity index (χ2n) is 2.96. The van der Waals surface area contributed by atoms with Gasteiger partial charge in [0.05, 0.1) is 0 Å². The van der Waals surface area contributed by atoms with Crippen molar-refractivity contribution in [1.29, 1.82) is 0 Å². The largest absolute Gasteiger partial charge is 0.806 e. The standard InChI is InChI=1S/C9H8ClF2O3P.2H3N/c10-5-4-7-2-1-3-8(6-7)9(11,12)16(13,14)15;;/h1-6H,(H2,13,14,15);2*1H3/b5-4-;;. The average molecular weight is 303 g/mol. The van der Waals surface area contributed by atoms with Crippen LogP contribution in [0.25, 0.3) is 6.08 Å². The van der Waals surface area contributed by atoms with Crippen LogP contribution >= 0.6 is 19.2 Å². The van der Waals surface area contributed by atoms with Crippen LogP contribution in [0.15, 0.2) is 29.8 Å². The van der Waals surface area contributed by atoms with E-state index in [1.54, 1.807) is 0 Å². The molecule has 0 aliphatic rings. The van der Waals surface area contributed by atoms with Gasteiger partial charge in [-0.05, 0) is 17.7 Å². The Kier molecular flexibility index (Phi) is 7.52. The van der Waals surface area contributed by atoms with Gasteiger partial charge in [-0.3, -0.25) is 0 Å². The minimum atomic E-state index is -6.02. The van der Waals surface area contributed by atoms with Crippen LogP contribution in [0.1, 0.15) is 11.1 Å². The first-order valence-electron chi connectivity index (χ1n) is 4.06. The molecule has 0 aliphatic heterocycles. The van der Waals surface area contributed by atoms with Crippen molar-refractivity contribution in [1.82, 2.24) is 12.3 Å². The molecule has 1 aromatic rings. The molecule has 0 atom stereocenters. The number of halogens is 3. The third kappa shape index (κ3) is 4.13. The average Bonchev–Trinajstić information content (AvgIpc) is 2.17. The van der Waals surface area contributed by atoms with Crippen LogP contribution in [0.2, 0.25) is 0 Å². The summed E-state index contributed by atoms with van der Waals surface area (Å²) in [7, 11) is -6.02. The van der Waals surface area contributed by atoms with E-state index >= 15 is 0 Å². The molecule has 0 bridgehead atoms. The Labute approximate surface area is 108 Å². The Morgan fingerprint density at radius 2 is 1.83 bits per heavy atom. The number of benzene rings is 1. The molecule has 0 saturated carbocycles. The third-order valence-electron chi connectivity index (χ3n) is 1.83. The van der Waals surface area contributed by atoms with E-state index < -0.39 is 18.8 Å². The maximum absolute atomic E-state index is 13.1. The first kappa shape index (κ1) is 19.5. The fourth-order valence-electron chi connectivity index (χ4n) is 1.06. The zero-order valence-electron chi connectivity index (χ0n) is 9.77. The van der Waals surface area contributed by atoms with E-state index in [2.05, 4.69) is 0 Å². The van der Waals surface area contributed by atoms with Gasteiger partial charge in [0.15, 0.2) is 0 Å². The summed E-state index contributed by atoms with van der Waals surface area (Å²) >= 11 is 5.25. The molecule has 0 heterocycles. The summed E-state index contributed by atoms with van der Waals surface area (Å²) in [6.07, 6.45) is 1.29. The van der Waals surface area contributed by atoms with Crippen LogP contribution in [-0.2, 0) is 10.2 Å². The van der Waals surface area contributed by atoms with Gasteiger partial charge >= 0.3 is 0 Å². The summed E-state index contributed by atoms with van der Waals surface area (Å²) < 4.78 is 36.7. The normalized spacial score (nSPS) is 11.8. The van der Waals surface area contributed by atoms with Gasteiger partial charge in [-0.2, -0.15) is 8.78 Å². The zero-order valence-corrected chi connectivity index (χ0v) is 11.4.